The van der Waals surface area contributed by atoms with Gasteiger partial charge < -0.3 is 24.3 Å². The molecule has 24 heavy (non-hydrogen) atoms. The van der Waals surface area contributed by atoms with Gasteiger partial charge in [-0.25, -0.2) is 0 Å². The summed E-state index contributed by atoms with van der Waals surface area (Å²) in [6, 6.07) is 8.75. The Morgan fingerprint density at radius 2 is 1.42 bits per heavy atom. The second-order valence-corrected chi connectivity index (χ2v) is 5.07. The summed E-state index contributed by atoms with van der Waals surface area (Å²) in [7, 11) is 6.09. The first-order valence-electron chi connectivity index (χ1n) is 7.30. The van der Waals surface area contributed by atoms with Crippen molar-refractivity contribution in [1.82, 2.24) is 0 Å². The number of rotatable bonds is 6. The predicted octanol–water partition coefficient (Wildman–Crippen LogP) is 3.28. The van der Waals surface area contributed by atoms with E-state index < -0.39 is 0 Å². The molecule has 6 heteroatoms. The van der Waals surface area contributed by atoms with Crippen LogP contribution in [0.1, 0.15) is 15.9 Å². The number of ether oxygens (including phenoxy) is 4. The number of nitrogens with one attached hydrogen (secondary N) is 1. The third-order valence-electron chi connectivity index (χ3n) is 3.52. The van der Waals surface area contributed by atoms with Gasteiger partial charge in [0, 0.05) is 17.8 Å². The topological polar surface area (TPSA) is 66.0 Å². The van der Waals surface area contributed by atoms with Crippen LogP contribution in [0.3, 0.4) is 0 Å². The summed E-state index contributed by atoms with van der Waals surface area (Å²) in [5.74, 6) is 1.60. The maximum atomic E-state index is 12.6. The number of carbonyl (C=O) groups is 1. The van der Waals surface area contributed by atoms with E-state index in [2.05, 4.69) is 5.32 Å². The van der Waals surface area contributed by atoms with E-state index in [-0.39, 0.29) is 5.91 Å². The molecule has 0 fully saturated rings. The maximum Gasteiger partial charge on any atom is 0.259 e. The lowest BCUT2D eigenvalue weighted by Crippen LogP contribution is -2.13. The molecule has 0 bridgehead atoms. The number of hydrogen-bond donors (Lipinski definition) is 1. The Kier molecular flexibility index (Phi) is 5.52. The van der Waals surface area contributed by atoms with Gasteiger partial charge in [-0.2, -0.15) is 0 Å². The quantitative estimate of drug-likeness (QED) is 0.880. The standard InChI is InChI=1S/C18H21NO5/c1-11-6-7-14(21-2)13(8-11)18(20)19-12-9-15(22-3)17(24-5)16(10-12)23-4/h6-10H,1-5H3,(H,19,20). The van der Waals surface area contributed by atoms with Crippen molar-refractivity contribution in [2.45, 2.75) is 6.92 Å². The van der Waals surface area contributed by atoms with E-state index in [1.54, 1.807) is 24.3 Å². The summed E-state index contributed by atoms with van der Waals surface area (Å²) in [4.78, 5) is 12.6. The minimum atomic E-state index is -0.287. The number of amides is 1. The normalized spacial score (nSPS) is 10.0. The molecule has 0 atom stereocenters. The molecule has 2 aromatic rings. The molecule has 0 heterocycles. The van der Waals surface area contributed by atoms with Gasteiger partial charge in [-0.15, -0.1) is 0 Å². The van der Waals surface area contributed by atoms with Crippen molar-refractivity contribution in [2.75, 3.05) is 33.8 Å². The van der Waals surface area contributed by atoms with Crippen LogP contribution in [0.4, 0.5) is 5.69 Å². The van der Waals surface area contributed by atoms with Crippen LogP contribution in [0, 0.1) is 6.92 Å². The summed E-state index contributed by atoms with van der Waals surface area (Å²) >= 11 is 0. The van der Waals surface area contributed by atoms with E-state index in [9.17, 15) is 4.79 Å². The highest BCUT2D eigenvalue weighted by Crippen LogP contribution is 2.40. The van der Waals surface area contributed by atoms with Gasteiger partial charge in [0.05, 0.1) is 34.0 Å². The molecule has 2 rings (SSSR count). The number of aryl methyl sites for hydroxylation is 1. The monoisotopic (exact) mass is 331 g/mol. The van der Waals surface area contributed by atoms with Crippen molar-refractivity contribution < 1.29 is 23.7 Å². The van der Waals surface area contributed by atoms with Crippen molar-refractivity contribution in [3.8, 4) is 23.0 Å². The van der Waals surface area contributed by atoms with Crippen LogP contribution in [-0.2, 0) is 0 Å². The lowest BCUT2D eigenvalue weighted by atomic mass is 10.1. The Bertz CT molecular complexity index is 717. The molecule has 0 aliphatic rings. The molecule has 0 aliphatic heterocycles. The average molecular weight is 331 g/mol. The fourth-order valence-electron chi connectivity index (χ4n) is 2.35. The molecule has 2 aromatic carbocycles. The van der Waals surface area contributed by atoms with Crippen LogP contribution in [0.5, 0.6) is 23.0 Å². The van der Waals surface area contributed by atoms with E-state index in [0.29, 0.717) is 34.2 Å². The lowest BCUT2D eigenvalue weighted by Gasteiger charge is -2.15. The zero-order valence-electron chi connectivity index (χ0n) is 14.4. The van der Waals surface area contributed by atoms with Gasteiger partial charge in [-0.1, -0.05) is 11.6 Å². The van der Waals surface area contributed by atoms with Gasteiger partial charge >= 0.3 is 0 Å². The first kappa shape index (κ1) is 17.5. The average Bonchev–Trinajstić information content (AvgIpc) is 2.60. The highest BCUT2D eigenvalue weighted by Gasteiger charge is 2.17. The van der Waals surface area contributed by atoms with Crippen molar-refractivity contribution in [3.05, 3.63) is 41.5 Å². The Balaban J connectivity index is 2.37. The molecule has 0 saturated carbocycles. The maximum absolute atomic E-state index is 12.6. The molecule has 0 aliphatic carbocycles. The highest BCUT2D eigenvalue weighted by atomic mass is 16.5. The fourth-order valence-corrected chi connectivity index (χ4v) is 2.35. The molecule has 0 radical (unpaired) electrons. The molecule has 0 spiro atoms. The molecule has 6 nitrogen and oxygen atoms in total. The van der Waals surface area contributed by atoms with Crippen molar-refractivity contribution in [2.24, 2.45) is 0 Å². The van der Waals surface area contributed by atoms with Crippen LogP contribution in [0.2, 0.25) is 0 Å². The largest absolute Gasteiger partial charge is 0.496 e. The summed E-state index contributed by atoms with van der Waals surface area (Å²) in [5.41, 5.74) is 1.94. The van der Waals surface area contributed by atoms with Crippen molar-refractivity contribution in [3.63, 3.8) is 0 Å². The van der Waals surface area contributed by atoms with E-state index in [0.717, 1.165) is 5.56 Å². The van der Waals surface area contributed by atoms with Gasteiger partial charge in [-0.05, 0) is 19.1 Å². The zero-order chi connectivity index (χ0) is 17.7. The minimum Gasteiger partial charge on any atom is -0.496 e. The van der Waals surface area contributed by atoms with Crippen LogP contribution in [-0.4, -0.2) is 34.3 Å². The number of benzene rings is 2. The third kappa shape index (κ3) is 3.53. The minimum absolute atomic E-state index is 0.287. The van der Waals surface area contributed by atoms with Crippen LogP contribution in [0.15, 0.2) is 30.3 Å². The molecular formula is C18H21NO5. The van der Waals surface area contributed by atoms with Crippen LogP contribution < -0.4 is 24.3 Å². The van der Waals surface area contributed by atoms with Gasteiger partial charge in [0.2, 0.25) is 5.75 Å². The Labute approximate surface area is 141 Å². The fraction of sp³-hybridized carbons (Fsp3) is 0.278. The van der Waals surface area contributed by atoms with Gasteiger partial charge in [-0.3, -0.25) is 4.79 Å². The molecule has 1 N–H and O–H groups in total. The SMILES string of the molecule is COc1ccc(C)cc1C(=O)Nc1cc(OC)c(OC)c(OC)c1. The number of anilines is 1. The summed E-state index contributed by atoms with van der Waals surface area (Å²) < 4.78 is 21.1. The Hall–Kier alpha value is -2.89. The van der Waals surface area contributed by atoms with Gasteiger partial charge in [0.15, 0.2) is 11.5 Å². The number of methoxy groups -OCH3 is 4. The van der Waals surface area contributed by atoms with Gasteiger partial charge in [0.25, 0.3) is 5.91 Å². The second-order valence-electron chi connectivity index (χ2n) is 5.07. The summed E-state index contributed by atoms with van der Waals surface area (Å²) in [5, 5.41) is 2.83. The smallest absolute Gasteiger partial charge is 0.259 e. The van der Waals surface area contributed by atoms with E-state index >= 15 is 0 Å². The van der Waals surface area contributed by atoms with E-state index in [1.807, 2.05) is 13.0 Å². The Morgan fingerprint density at radius 3 is 1.92 bits per heavy atom. The highest BCUT2D eigenvalue weighted by molar-refractivity contribution is 6.06. The van der Waals surface area contributed by atoms with Gasteiger partial charge in [0.1, 0.15) is 5.75 Å². The predicted molar refractivity (Wildman–Crippen MR) is 91.8 cm³/mol. The molecule has 1 amide bonds. The number of carbonyl (C=O) groups excluding carboxylic acids is 1. The van der Waals surface area contributed by atoms with Crippen molar-refractivity contribution in [1.29, 1.82) is 0 Å². The Morgan fingerprint density at radius 1 is 0.833 bits per heavy atom. The molecule has 0 unspecified atom stereocenters. The summed E-state index contributed by atoms with van der Waals surface area (Å²) in [6.07, 6.45) is 0. The molecule has 0 aromatic heterocycles. The van der Waals surface area contributed by atoms with Crippen LogP contribution >= 0.6 is 0 Å². The molecular weight excluding hydrogens is 310 g/mol. The first-order chi connectivity index (χ1) is 11.5. The van der Waals surface area contributed by atoms with Crippen molar-refractivity contribution >= 4 is 11.6 Å². The van der Waals surface area contributed by atoms with Crippen LogP contribution in [0.25, 0.3) is 0 Å². The number of hydrogen-bond acceptors (Lipinski definition) is 5. The third-order valence-corrected chi connectivity index (χ3v) is 3.52. The molecule has 128 valence electrons. The zero-order valence-corrected chi connectivity index (χ0v) is 14.4. The summed E-state index contributed by atoms with van der Waals surface area (Å²) in [6.45, 7) is 1.91. The van der Waals surface area contributed by atoms with E-state index in [4.69, 9.17) is 18.9 Å². The second kappa shape index (κ2) is 7.59. The van der Waals surface area contributed by atoms with E-state index in [1.165, 1.54) is 28.4 Å². The molecule has 0 saturated heterocycles. The lowest BCUT2D eigenvalue weighted by molar-refractivity contribution is 0.102. The first-order valence-corrected chi connectivity index (χ1v) is 7.30.